The van der Waals surface area contributed by atoms with Gasteiger partial charge in [0.05, 0.1) is 18.0 Å². The van der Waals surface area contributed by atoms with Gasteiger partial charge in [0.1, 0.15) is 5.75 Å². The number of ether oxygens (including phenoxy) is 1. The minimum Gasteiger partial charge on any atom is -0.496 e. The third-order valence-corrected chi connectivity index (χ3v) is 4.22. The van der Waals surface area contributed by atoms with Gasteiger partial charge in [-0.15, -0.1) is 11.3 Å². The van der Waals surface area contributed by atoms with Crippen molar-refractivity contribution in [1.82, 2.24) is 10.3 Å². The Kier molecular flexibility index (Phi) is 4.74. The van der Waals surface area contributed by atoms with Gasteiger partial charge in [-0.1, -0.05) is 0 Å². The van der Waals surface area contributed by atoms with Crippen molar-refractivity contribution in [1.29, 1.82) is 0 Å². The number of hydrogen-bond donors (Lipinski definition) is 1. The van der Waals surface area contributed by atoms with Crippen molar-refractivity contribution < 1.29 is 4.74 Å². The lowest BCUT2D eigenvalue weighted by molar-refractivity contribution is 0.405. The predicted octanol–water partition coefficient (Wildman–Crippen LogP) is 3.42. The number of likely N-dealkylation sites (N-methyl/N-ethyl adjacent to an activating group) is 1. The first kappa shape index (κ1) is 13.5. The Labute approximate surface area is 119 Å². The Bertz CT molecular complexity index is 498. The van der Waals surface area contributed by atoms with Gasteiger partial charge in [-0.2, -0.15) is 0 Å². The van der Waals surface area contributed by atoms with Crippen LogP contribution in [0.5, 0.6) is 5.75 Å². The average molecular weight is 327 g/mol. The van der Waals surface area contributed by atoms with E-state index in [-0.39, 0.29) is 6.04 Å². The summed E-state index contributed by atoms with van der Waals surface area (Å²) in [6.07, 6.45) is 2.67. The summed E-state index contributed by atoms with van der Waals surface area (Å²) in [6.45, 7) is 0. The van der Waals surface area contributed by atoms with Crippen LogP contribution in [0.2, 0.25) is 0 Å². The predicted molar refractivity (Wildman–Crippen MR) is 78.3 cm³/mol. The van der Waals surface area contributed by atoms with Crippen molar-refractivity contribution in [3.05, 3.63) is 44.8 Å². The van der Waals surface area contributed by atoms with E-state index in [1.807, 2.05) is 36.8 Å². The molecule has 0 aliphatic rings. The van der Waals surface area contributed by atoms with E-state index in [1.54, 1.807) is 18.4 Å². The van der Waals surface area contributed by atoms with E-state index in [2.05, 4.69) is 26.2 Å². The molecule has 0 aliphatic heterocycles. The van der Waals surface area contributed by atoms with Gasteiger partial charge in [0.2, 0.25) is 0 Å². The third kappa shape index (κ3) is 3.10. The highest BCUT2D eigenvalue weighted by molar-refractivity contribution is 9.10. The Morgan fingerprint density at radius 1 is 1.44 bits per heavy atom. The standard InChI is InChI=1S/C13H15BrN2OS/c1-15-11(13-12(17-2)5-6-18-13)7-10-4-3-9(14)8-16-10/h3-6,8,11,15H,7H2,1-2H3. The molecule has 0 fully saturated rings. The molecule has 18 heavy (non-hydrogen) atoms. The molecule has 0 bridgehead atoms. The van der Waals surface area contributed by atoms with E-state index in [9.17, 15) is 0 Å². The van der Waals surface area contributed by atoms with E-state index in [1.165, 1.54) is 4.88 Å². The Morgan fingerprint density at radius 3 is 2.89 bits per heavy atom. The van der Waals surface area contributed by atoms with Gasteiger partial charge in [-0.25, -0.2) is 0 Å². The van der Waals surface area contributed by atoms with Crippen LogP contribution in [0.3, 0.4) is 0 Å². The first-order valence-corrected chi connectivity index (χ1v) is 7.31. The SMILES string of the molecule is CNC(Cc1ccc(Br)cn1)c1sccc1OC. The summed E-state index contributed by atoms with van der Waals surface area (Å²) >= 11 is 5.10. The molecule has 1 unspecified atom stereocenters. The second-order valence-electron chi connectivity index (χ2n) is 3.87. The van der Waals surface area contributed by atoms with Crippen LogP contribution in [0.4, 0.5) is 0 Å². The van der Waals surface area contributed by atoms with Gasteiger partial charge in [0.15, 0.2) is 0 Å². The number of aromatic nitrogens is 1. The van der Waals surface area contributed by atoms with E-state index in [0.717, 1.165) is 22.3 Å². The number of methoxy groups -OCH3 is 1. The minimum absolute atomic E-state index is 0.230. The summed E-state index contributed by atoms with van der Waals surface area (Å²) in [5.74, 6) is 0.941. The first-order chi connectivity index (χ1) is 8.74. The van der Waals surface area contributed by atoms with Crippen LogP contribution >= 0.6 is 27.3 Å². The zero-order chi connectivity index (χ0) is 13.0. The van der Waals surface area contributed by atoms with Gasteiger partial charge < -0.3 is 10.1 Å². The topological polar surface area (TPSA) is 34.2 Å². The largest absolute Gasteiger partial charge is 0.496 e. The lowest BCUT2D eigenvalue weighted by atomic mass is 10.1. The lowest BCUT2D eigenvalue weighted by Gasteiger charge is -2.15. The summed E-state index contributed by atoms with van der Waals surface area (Å²) in [5.41, 5.74) is 1.06. The average Bonchev–Trinajstić information content (AvgIpc) is 2.86. The van der Waals surface area contributed by atoms with Crippen molar-refractivity contribution >= 4 is 27.3 Å². The number of thiophene rings is 1. The van der Waals surface area contributed by atoms with Crippen molar-refractivity contribution in [3.63, 3.8) is 0 Å². The summed E-state index contributed by atoms with van der Waals surface area (Å²) in [4.78, 5) is 5.62. The molecule has 0 saturated carbocycles. The van der Waals surface area contributed by atoms with Crippen LogP contribution in [0.15, 0.2) is 34.2 Å². The van der Waals surface area contributed by atoms with E-state index >= 15 is 0 Å². The minimum atomic E-state index is 0.230. The number of nitrogens with one attached hydrogen (secondary N) is 1. The molecule has 1 N–H and O–H groups in total. The van der Waals surface area contributed by atoms with E-state index in [4.69, 9.17) is 4.74 Å². The monoisotopic (exact) mass is 326 g/mol. The highest BCUT2D eigenvalue weighted by atomic mass is 79.9. The lowest BCUT2D eigenvalue weighted by Crippen LogP contribution is -2.18. The smallest absolute Gasteiger partial charge is 0.134 e. The van der Waals surface area contributed by atoms with Crippen molar-refractivity contribution in [2.24, 2.45) is 0 Å². The zero-order valence-electron chi connectivity index (χ0n) is 10.3. The first-order valence-electron chi connectivity index (χ1n) is 5.63. The van der Waals surface area contributed by atoms with E-state index < -0.39 is 0 Å². The fraction of sp³-hybridized carbons (Fsp3) is 0.308. The molecule has 2 rings (SSSR count). The molecular weight excluding hydrogens is 312 g/mol. The molecule has 96 valence electrons. The van der Waals surface area contributed by atoms with Gasteiger partial charge in [-0.3, -0.25) is 4.98 Å². The molecule has 0 aliphatic carbocycles. The fourth-order valence-electron chi connectivity index (χ4n) is 1.79. The van der Waals surface area contributed by atoms with Crippen LogP contribution < -0.4 is 10.1 Å². The van der Waals surface area contributed by atoms with Crippen molar-refractivity contribution in [2.75, 3.05) is 14.2 Å². The summed E-state index contributed by atoms with van der Waals surface area (Å²) in [6, 6.07) is 6.28. The molecule has 2 aromatic heterocycles. The quantitative estimate of drug-likeness (QED) is 0.914. The highest BCUT2D eigenvalue weighted by Gasteiger charge is 2.16. The number of pyridine rings is 1. The van der Waals surface area contributed by atoms with Gasteiger partial charge in [0.25, 0.3) is 0 Å². The zero-order valence-corrected chi connectivity index (χ0v) is 12.7. The van der Waals surface area contributed by atoms with Gasteiger partial charge in [-0.05, 0) is 46.6 Å². The highest BCUT2D eigenvalue weighted by Crippen LogP contribution is 2.32. The summed E-state index contributed by atoms with van der Waals surface area (Å²) < 4.78 is 6.37. The number of rotatable bonds is 5. The Hall–Kier alpha value is -0.910. The molecule has 0 saturated heterocycles. The van der Waals surface area contributed by atoms with Crippen LogP contribution in [-0.2, 0) is 6.42 Å². The Balaban J connectivity index is 2.17. The van der Waals surface area contributed by atoms with Crippen LogP contribution in [-0.4, -0.2) is 19.1 Å². The van der Waals surface area contributed by atoms with Crippen molar-refractivity contribution in [2.45, 2.75) is 12.5 Å². The van der Waals surface area contributed by atoms with Gasteiger partial charge >= 0.3 is 0 Å². The molecular formula is C13H15BrN2OS. The number of hydrogen-bond acceptors (Lipinski definition) is 4. The fourth-order valence-corrected chi connectivity index (χ4v) is 3.00. The Morgan fingerprint density at radius 2 is 2.28 bits per heavy atom. The molecule has 5 heteroatoms. The van der Waals surface area contributed by atoms with E-state index in [0.29, 0.717) is 0 Å². The molecule has 2 aromatic rings. The summed E-state index contributed by atoms with van der Waals surface area (Å²) in [5, 5.41) is 5.37. The molecule has 3 nitrogen and oxygen atoms in total. The second kappa shape index (κ2) is 6.31. The molecule has 2 heterocycles. The summed E-state index contributed by atoms with van der Waals surface area (Å²) in [7, 11) is 3.67. The maximum Gasteiger partial charge on any atom is 0.134 e. The maximum atomic E-state index is 5.37. The molecule has 0 amide bonds. The van der Waals surface area contributed by atoms with Crippen LogP contribution in [0.25, 0.3) is 0 Å². The molecule has 0 radical (unpaired) electrons. The second-order valence-corrected chi connectivity index (χ2v) is 5.73. The normalized spacial score (nSPS) is 12.4. The number of nitrogens with zero attached hydrogens (tertiary/aromatic N) is 1. The molecule has 0 spiro atoms. The van der Waals surface area contributed by atoms with Gasteiger partial charge in [0, 0.05) is 22.8 Å². The molecule has 1 atom stereocenters. The third-order valence-electron chi connectivity index (χ3n) is 2.74. The maximum absolute atomic E-state index is 5.37. The number of halogens is 1. The van der Waals surface area contributed by atoms with Crippen LogP contribution in [0, 0.1) is 0 Å². The van der Waals surface area contributed by atoms with Crippen molar-refractivity contribution in [3.8, 4) is 5.75 Å². The van der Waals surface area contributed by atoms with Crippen LogP contribution in [0.1, 0.15) is 16.6 Å². The molecule has 0 aromatic carbocycles.